The summed E-state index contributed by atoms with van der Waals surface area (Å²) in [4.78, 5) is 24.5. The van der Waals surface area contributed by atoms with Crippen molar-refractivity contribution in [2.24, 2.45) is 0 Å². The summed E-state index contributed by atoms with van der Waals surface area (Å²) < 4.78 is 6.49. The maximum atomic E-state index is 12.6. The molecular weight excluding hydrogens is 493 g/mol. The van der Waals surface area contributed by atoms with Crippen molar-refractivity contribution in [1.82, 2.24) is 5.32 Å². The summed E-state index contributed by atoms with van der Waals surface area (Å²) in [5, 5.41) is 12.3. The lowest BCUT2D eigenvalue weighted by atomic mass is 9.92. The summed E-state index contributed by atoms with van der Waals surface area (Å²) in [7, 11) is 0. The van der Waals surface area contributed by atoms with Crippen LogP contribution < -0.4 is 5.32 Å². The summed E-state index contributed by atoms with van der Waals surface area (Å²) in [5.41, 5.74) is 3.36. The van der Waals surface area contributed by atoms with E-state index in [1.54, 1.807) is 24.3 Å². The minimum atomic E-state index is -1.59. The molecule has 3 aromatic rings. The zero-order chi connectivity index (χ0) is 21.3. The Morgan fingerprint density at radius 2 is 1.50 bits per heavy atom. The predicted octanol–water partition coefficient (Wildman–Crippen LogP) is 5.13. The van der Waals surface area contributed by atoms with Gasteiger partial charge in [0.05, 0.1) is 0 Å². The van der Waals surface area contributed by atoms with Crippen LogP contribution in [0.3, 0.4) is 0 Å². The van der Waals surface area contributed by atoms with Gasteiger partial charge in [0.25, 0.3) is 0 Å². The first-order valence-electron chi connectivity index (χ1n) is 9.53. The molecule has 0 saturated heterocycles. The molecule has 0 fully saturated rings. The van der Waals surface area contributed by atoms with Crippen molar-refractivity contribution < 1.29 is 19.4 Å². The number of hydrogen-bond donors (Lipinski definition) is 2. The van der Waals surface area contributed by atoms with Crippen LogP contribution in [0.5, 0.6) is 0 Å². The van der Waals surface area contributed by atoms with E-state index in [2.05, 4.69) is 40.0 Å². The lowest BCUT2D eigenvalue weighted by Gasteiger charge is -2.27. The molecule has 1 aliphatic carbocycles. The molecule has 0 radical (unpaired) electrons. The Bertz CT molecular complexity index is 1070. The average Bonchev–Trinajstić information content (AvgIpc) is 3.06. The van der Waals surface area contributed by atoms with E-state index in [9.17, 15) is 14.7 Å². The Labute approximate surface area is 188 Å². The fraction of sp³-hybridized carbons (Fsp3) is 0.167. The SMILES string of the molecule is CC(NC(=O)OCC1c2ccccc2-c2ccccc21)(C(=O)O)c1ccc(I)cc1. The summed E-state index contributed by atoms with van der Waals surface area (Å²) in [5.74, 6) is -1.24. The second-order valence-electron chi connectivity index (χ2n) is 7.39. The zero-order valence-electron chi connectivity index (χ0n) is 16.3. The van der Waals surface area contributed by atoms with Gasteiger partial charge in [-0.1, -0.05) is 60.7 Å². The van der Waals surface area contributed by atoms with Gasteiger partial charge in [0, 0.05) is 9.49 Å². The molecule has 1 atom stereocenters. The van der Waals surface area contributed by atoms with E-state index < -0.39 is 17.6 Å². The van der Waals surface area contributed by atoms with Crippen molar-refractivity contribution in [3.05, 3.63) is 93.1 Å². The van der Waals surface area contributed by atoms with Crippen molar-refractivity contribution in [2.75, 3.05) is 6.61 Å². The third-order valence-corrected chi connectivity index (χ3v) is 6.26. The largest absolute Gasteiger partial charge is 0.479 e. The number of rotatable bonds is 5. The van der Waals surface area contributed by atoms with Gasteiger partial charge in [-0.25, -0.2) is 9.59 Å². The normalized spacial score (nSPS) is 14.3. The highest BCUT2D eigenvalue weighted by Gasteiger charge is 2.38. The van der Waals surface area contributed by atoms with E-state index in [0.29, 0.717) is 5.56 Å². The monoisotopic (exact) mass is 513 g/mol. The van der Waals surface area contributed by atoms with Gasteiger partial charge in [0.1, 0.15) is 6.61 Å². The topological polar surface area (TPSA) is 75.6 Å². The fourth-order valence-corrected chi connectivity index (χ4v) is 4.23. The summed E-state index contributed by atoms with van der Waals surface area (Å²) in [6, 6.07) is 23.1. The molecular formula is C24H20INO4. The van der Waals surface area contributed by atoms with Crippen LogP contribution in [0, 0.1) is 3.57 Å². The van der Waals surface area contributed by atoms with Gasteiger partial charge in [-0.05, 0) is 69.5 Å². The molecule has 0 aliphatic heterocycles. The molecule has 4 rings (SSSR count). The number of alkyl carbamates (subject to hydrolysis) is 1. The lowest BCUT2D eigenvalue weighted by molar-refractivity contribution is -0.144. The van der Waals surface area contributed by atoms with Crippen molar-refractivity contribution in [1.29, 1.82) is 0 Å². The van der Waals surface area contributed by atoms with Gasteiger partial charge in [0.2, 0.25) is 0 Å². The van der Waals surface area contributed by atoms with Gasteiger partial charge >= 0.3 is 12.1 Å². The third-order valence-electron chi connectivity index (χ3n) is 5.55. The summed E-state index contributed by atoms with van der Waals surface area (Å²) in [6.45, 7) is 1.58. The number of nitrogens with one attached hydrogen (secondary N) is 1. The number of aliphatic carboxylic acids is 1. The fourth-order valence-electron chi connectivity index (χ4n) is 3.87. The molecule has 1 amide bonds. The number of benzene rings is 3. The third kappa shape index (κ3) is 3.67. The van der Waals surface area contributed by atoms with Gasteiger partial charge in [-0.3, -0.25) is 0 Å². The smallest absolute Gasteiger partial charge is 0.408 e. The highest BCUT2D eigenvalue weighted by Crippen LogP contribution is 2.44. The van der Waals surface area contributed by atoms with E-state index in [1.165, 1.54) is 6.92 Å². The van der Waals surface area contributed by atoms with E-state index in [1.807, 2.05) is 36.4 Å². The zero-order valence-corrected chi connectivity index (χ0v) is 18.4. The van der Waals surface area contributed by atoms with Crippen molar-refractivity contribution in [3.63, 3.8) is 0 Å². The van der Waals surface area contributed by atoms with Crippen LogP contribution in [0.2, 0.25) is 0 Å². The number of carbonyl (C=O) groups excluding carboxylic acids is 1. The lowest BCUT2D eigenvalue weighted by Crippen LogP contribution is -2.49. The molecule has 0 spiro atoms. The van der Waals surface area contributed by atoms with Crippen LogP contribution in [0.15, 0.2) is 72.8 Å². The average molecular weight is 513 g/mol. The first-order valence-corrected chi connectivity index (χ1v) is 10.6. The Morgan fingerprint density at radius 1 is 0.967 bits per heavy atom. The molecule has 152 valence electrons. The number of carboxylic acid groups (broad SMARTS) is 1. The first kappa shape index (κ1) is 20.4. The number of carbonyl (C=O) groups is 2. The second kappa shape index (κ2) is 8.10. The number of fused-ring (bicyclic) bond motifs is 3. The minimum absolute atomic E-state index is 0.0856. The van der Waals surface area contributed by atoms with Gasteiger partial charge < -0.3 is 15.2 Å². The molecule has 0 heterocycles. The first-order chi connectivity index (χ1) is 14.4. The molecule has 3 aromatic carbocycles. The van der Waals surface area contributed by atoms with E-state index in [-0.39, 0.29) is 12.5 Å². The van der Waals surface area contributed by atoms with Crippen LogP contribution in [0.25, 0.3) is 11.1 Å². The van der Waals surface area contributed by atoms with Crippen LogP contribution in [-0.4, -0.2) is 23.8 Å². The van der Waals surface area contributed by atoms with E-state index >= 15 is 0 Å². The van der Waals surface area contributed by atoms with Crippen LogP contribution in [-0.2, 0) is 15.1 Å². The molecule has 30 heavy (non-hydrogen) atoms. The van der Waals surface area contributed by atoms with Crippen molar-refractivity contribution in [3.8, 4) is 11.1 Å². The van der Waals surface area contributed by atoms with E-state index in [0.717, 1.165) is 25.8 Å². The van der Waals surface area contributed by atoms with Gasteiger partial charge in [-0.15, -0.1) is 0 Å². The number of halogens is 1. The Morgan fingerprint density at radius 3 is 2.03 bits per heavy atom. The molecule has 0 bridgehead atoms. The highest BCUT2D eigenvalue weighted by atomic mass is 127. The Balaban J connectivity index is 1.52. The van der Waals surface area contributed by atoms with Crippen LogP contribution >= 0.6 is 22.6 Å². The Hall–Kier alpha value is -2.87. The molecule has 1 unspecified atom stereocenters. The van der Waals surface area contributed by atoms with Crippen molar-refractivity contribution in [2.45, 2.75) is 18.4 Å². The van der Waals surface area contributed by atoms with Gasteiger partial charge in [0.15, 0.2) is 5.54 Å². The quantitative estimate of drug-likeness (QED) is 0.464. The van der Waals surface area contributed by atoms with Crippen molar-refractivity contribution >= 4 is 34.7 Å². The molecule has 1 aliphatic rings. The number of amides is 1. The predicted molar refractivity (Wildman–Crippen MR) is 122 cm³/mol. The molecule has 2 N–H and O–H groups in total. The molecule has 5 nitrogen and oxygen atoms in total. The maximum Gasteiger partial charge on any atom is 0.408 e. The maximum absolute atomic E-state index is 12.6. The standard InChI is InChI=1S/C24H20INO4/c1-24(22(27)28,15-10-12-16(25)13-11-15)26-23(29)30-14-21-19-8-4-2-6-17(19)18-7-3-5-9-20(18)21/h2-13,21H,14H2,1H3,(H,26,29)(H,27,28). The van der Waals surface area contributed by atoms with E-state index in [4.69, 9.17) is 4.74 Å². The van der Waals surface area contributed by atoms with Gasteiger partial charge in [-0.2, -0.15) is 0 Å². The minimum Gasteiger partial charge on any atom is -0.479 e. The Kier molecular flexibility index (Phi) is 5.51. The summed E-state index contributed by atoms with van der Waals surface area (Å²) >= 11 is 2.14. The summed E-state index contributed by atoms with van der Waals surface area (Å²) in [6.07, 6.45) is -0.764. The second-order valence-corrected chi connectivity index (χ2v) is 8.63. The van der Waals surface area contributed by atoms with Crippen LogP contribution in [0.4, 0.5) is 4.79 Å². The molecule has 6 heteroatoms. The highest BCUT2D eigenvalue weighted by molar-refractivity contribution is 14.1. The number of ether oxygens (including phenoxy) is 1. The number of carboxylic acids is 1. The molecule has 0 saturated carbocycles. The van der Waals surface area contributed by atoms with Crippen LogP contribution in [0.1, 0.15) is 29.5 Å². The number of hydrogen-bond acceptors (Lipinski definition) is 3. The molecule has 0 aromatic heterocycles.